The van der Waals surface area contributed by atoms with Gasteiger partial charge in [0.25, 0.3) is 5.91 Å². The van der Waals surface area contributed by atoms with E-state index in [-0.39, 0.29) is 11.3 Å². The summed E-state index contributed by atoms with van der Waals surface area (Å²) in [4.78, 5) is 13.0. The highest BCUT2D eigenvalue weighted by atomic mass is 79.9. The molecule has 0 radical (unpaired) electrons. The molecule has 1 amide bonds. The van der Waals surface area contributed by atoms with Crippen LogP contribution in [-0.2, 0) is 5.41 Å². The van der Waals surface area contributed by atoms with Gasteiger partial charge in [0.15, 0.2) is 0 Å². The summed E-state index contributed by atoms with van der Waals surface area (Å²) in [5.74, 6) is -0.00267. The van der Waals surface area contributed by atoms with Gasteiger partial charge in [-0.25, -0.2) is 0 Å². The van der Waals surface area contributed by atoms with Gasteiger partial charge >= 0.3 is 0 Å². The van der Waals surface area contributed by atoms with Crippen LogP contribution in [0.5, 0.6) is 0 Å². The third-order valence-corrected chi connectivity index (χ3v) is 6.27. The van der Waals surface area contributed by atoms with E-state index in [2.05, 4.69) is 33.4 Å². The van der Waals surface area contributed by atoms with Gasteiger partial charge in [0.1, 0.15) is 4.88 Å². The molecule has 0 atom stereocenters. The maximum Gasteiger partial charge on any atom is 0.262 e. The number of benzene rings is 1. The molecule has 1 saturated carbocycles. The second-order valence-electron chi connectivity index (χ2n) is 5.42. The standard InChI is InChI=1S/C16H15BrClNOS/c17-13-6-9-21-14(13)15(20)19-10-16(7-1-8-16)11-2-4-12(18)5-3-11/h2-6,9H,1,7-8,10H2,(H,19,20). The normalized spacial score (nSPS) is 16.3. The summed E-state index contributed by atoms with van der Waals surface area (Å²) >= 11 is 10.8. The van der Waals surface area contributed by atoms with Gasteiger partial charge in [-0.1, -0.05) is 30.2 Å². The van der Waals surface area contributed by atoms with Crippen LogP contribution in [0.2, 0.25) is 5.02 Å². The van der Waals surface area contributed by atoms with Crippen molar-refractivity contribution < 1.29 is 4.79 Å². The number of rotatable bonds is 4. The monoisotopic (exact) mass is 383 g/mol. The van der Waals surface area contributed by atoms with Gasteiger partial charge in [0.2, 0.25) is 0 Å². The Kier molecular flexibility index (Phi) is 4.38. The fourth-order valence-corrected chi connectivity index (χ4v) is 4.35. The molecule has 1 fully saturated rings. The molecule has 1 heterocycles. The lowest BCUT2D eigenvalue weighted by Gasteiger charge is -2.42. The minimum Gasteiger partial charge on any atom is -0.350 e. The number of thiophene rings is 1. The molecular formula is C16H15BrClNOS. The van der Waals surface area contributed by atoms with Gasteiger partial charge in [-0.15, -0.1) is 11.3 Å². The maximum atomic E-state index is 12.2. The van der Waals surface area contributed by atoms with Gasteiger partial charge in [-0.2, -0.15) is 0 Å². The Balaban J connectivity index is 1.72. The largest absolute Gasteiger partial charge is 0.350 e. The van der Waals surface area contributed by atoms with Gasteiger partial charge in [-0.3, -0.25) is 4.79 Å². The molecule has 0 aliphatic heterocycles. The summed E-state index contributed by atoms with van der Waals surface area (Å²) in [5, 5.41) is 5.75. The molecule has 0 saturated heterocycles. The zero-order chi connectivity index (χ0) is 14.9. The Morgan fingerprint density at radius 3 is 2.52 bits per heavy atom. The summed E-state index contributed by atoms with van der Waals surface area (Å²) in [6, 6.07) is 9.91. The Hall–Kier alpha value is -0.840. The molecule has 2 nitrogen and oxygen atoms in total. The smallest absolute Gasteiger partial charge is 0.262 e. The van der Waals surface area contributed by atoms with Crippen molar-refractivity contribution in [1.29, 1.82) is 0 Å². The van der Waals surface area contributed by atoms with Crippen LogP contribution in [0.25, 0.3) is 0 Å². The van der Waals surface area contributed by atoms with Crippen molar-refractivity contribution in [3.8, 4) is 0 Å². The maximum absolute atomic E-state index is 12.2. The van der Waals surface area contributed by atoms with Crippen molar-refractivity contribution in [3.05, 3.63) is 55.6 Å². The molecule has 1 aromatic carbocycles. The molecule has 0 spiro atoms. The third kappa shape index (κ3) is 3.03. The van der Waals surface area contributed by atoms with Gasteiger partial charge in [0.05, 0.1) is 0 Å². The van der Waals surface area contributed by atoms with Gasteiger partial charge in [0, 0.05) is 21.5 Å². The molecule has 21 heavy (non-hydrogen) atoms. The van der Waals surface area contributed by atoms with E-state index >= 15 is 0 Å². The zero-order valence-electron chi connectivity index (χ0n) is 11.4. The number of carbonyl (C=O) groups is 1. The number of hydrogen-bond donors (Lipinski definition) is 1. The summed E-state index contributed by atoms with van der Waals surface area (Å²) in [6.07, 6.45) is 3.43. The fourth-order valence-electron chi connectivity index (χ4n) is 2.76. The average molecular weight is 385 g/mol. The molecule has 3 rings (SSSR count). The number of carbonyl (C=O) groups excluding carboxylic acids is 1. The first-order chi connectivity index (χ1) is 10.1. The minimum atomic E-state index is -0.00267. The van der Waals surface area contributed by atoms with Gasteiger partial charge in [-0.05, 0) is 57.9 Å². The van der Waals surface area contributed by atoms with Crippen LogP contribution < -0.4 is 5.32 Å². The lowest BCUT2D eigenvalue weighted by molar-refractivity contribution is 0.0931. The lowest BCUT2D eigenvalue weighted by atomic mass is 9.64. The predicted octanol–water partition coefficient (Wildman–Crippen LogP) is 5.02. The highest BCUT2D eigenvalue weighted by molar-refractivity contribution is 9.10. The van der Waals surface area contributed by atoms with Crippen LogP contribution in [0.1, 0.15) is 34.5 Å². The van der Waals surface area contributed by atoms with Crippen LogP contribution in [0.4, 0.5) is 0 Å². The highest BCUT2D eigenvalue weighted by Gasteiger charge is 2.38. The molecule has 110 valence electrons. The molecule has 2 aromatic rings. The van der Waals surface area contributed by atoms with E-state index in [0.717, 1.165) is 27.2 Å². The summed E-state index contributed by atoms with van der Waals surface area (Å²) < 4.78 is 0.860. The van der Waals surface area contributed by atoms with Crippen LogP contribution >= 0.6 is 38.9 Å². The number of hydrogen-bond acceptors (Lipinski definition) is 2. The Morgan fingerprint density at radius 2 is 2.00 bits per heavy atom. The zero-order valence-corrected chi connectivity index (χ0v) is 14.5. The molecule has 0 unspecified atom stereocenters. The second kappa shape index (κ2) is 6.11. The molecule has 1 aliphatic carbocycles. The van der Waals surface area contributed by atoms with E-state index in [4.69, 9.17) is 11.6 Å². The van der Waals surface area contributed by atoms with Gasteiger partial charge < -0.3 is 5.32 Å². The Labute approximate surface area is 141 Å². The minimum absolute atomic E-state index is 0.00267. The molecular weight excluding hydrogens is 370 g/mol. The van der Waals surface area contributed by atoms with E-state index in [1.54, 1.807) is 0 Å². The molecule has 1 N–H and O–H groups in total. The molecule has 1 aromatic heterocycles. The molecule has 1 aliphatic rings. The Bertz CT molecular complexity index is 649. The van der Waals surface area contributed by atoms with Crippen LogP contribution in [-0.4, -0.2) is 12.5 Å². The van der Waals surface area contributed by atoms with Crippen molar-refractivity contribution in [2.24, 2.45) is 0 Å². The first kappa shape index (κ1) is 15.1. The molecule has 0 bridgehead atoms. The van der Waals surface area contributed by atoms with E-state index < -0.39 is 0 Å². The Morgan fingerprint density at radius 1 is 1.29 bits per heavy atom. The van der Waals surface area contributed by atoms with Crippen LogP contribution in [0.3, 0.4) is 0 Å². The predicted molar refractivity (Wildman–Crippen MR) is 91.3 cm³/mol. The van der Waals surface area contributed by atoms with E-state index in [0.29, 0.717) is 6.54 Å². The van der Waals surface area contributed by atoms with Crippen molar-refractivity contribution in [1.82, 2.24) is 5.32 Å². The van der Waals surface area contributed by atoms with Crippen molar-refractivity contribution in [3.63, 3.8) is 0 Å². The average Bonchev–Trinajstić information content (AvgIpc) is 2.85. The first-order valence-corrected chi connectivity index (χ1v) is 8.93. The van der Waals surface area contributed by atoms with Crippen molar-refractivity contribution in [2.75, 3.05) is 6.54 Å². The van der Waals surface area contributed by atoms with Crippen molar-refractivity contribution in [2.45, 2.75) is 24.7 Å². The van der Waals surface area contributed by atoms with E-state index in [9.17, 15) is 4.79 Å². The van der Waals surface area contributed by atoms with Crippen LogP contribution in [0, 0.1) is 0 Å². The lowest BCUT2D eigenvalue weighted by Crippen LogP contribution is -2.45. The van der Waals surface area contributed by atoms with E-state index in [1.165, 1.54) is 23.3 Å². The van der Waals surface area contributed by atoms with E-state index in [1.807, 2.05) is 23.6 Å². The number of halogens is 2. The number of nitrogens with one attached hydrogen (secondary N) is 1. The summed E-state index contributed by atoms with van der Waals surface area (Å²) in [7, 11) is 0. The number of amides is 1. The topological polar surface area (TPSA) is 29.1 Å². The van der Waals surface area contributed by atoms with Crippen LogP contribution in [0.15, 0.2) is 40.2 Å². The summed E-state index contributed by atoms with van der Waals surface area (Å²) in [6.45, 7) is 0.678. The third-order valence-electron chi connectivity index (χ3n) is 4.18. The first-order valence-electron chi connectivity index (χ1n) is 6.88. The summed E-state index contributed by atoms with van der Waals surface area (Å²) in [5.41, 5.74) is 1.34. The second-order valence-corrected chi connectivity index (χ2v) is 7.63. The fraction of sp³-hybridized carbons (Fsp3) is 0.312. The highest BCUT2D eigenvalue weighted by Crippen LogP contribution is 2.43. The SMILES string of the molecule is O=C(NCC1(c2ccc(Cl)cc2)CCC1)c1sccc1Br. The quantitative estimate of drug-likeness (QED) is 0.788. The molecule has 5 heteroatoms. The van der Waals surface area contributed by atoms with Crippen molar-refractivity contribution >= 4 is 44.8 Å².